The van der Waals surface area contributed by atoms with E-state index in [2.05, 4.69) is 17.2 Å². The van der Waals surface area contributed by atoms with Crippen molar-refractivity contribution in [3.05, 3.63) is 48.5 Å². The van der Waals surface area contributed by atoms with Crippen LogP contribution in [0.2, 0.25) is 0 Å². The molecule has 0 aliphatic heterocycles. The summed E-state index contributed by atoms with van der Waals surface area (Å²) in [5.41, 5.74) is 1.58. The zero-order valence-electron chi connectivity index (χ0n) is 11.7. The van der Waals surface area contributed by atoms with Crippen LogP contribution in [0.1, 0.15) is 13.3 Å². The number of nitrogens with zero attached hydrogens (tertiary/aromatic N) is 2. The monoisotopic (exact) mass is 270 g/mol. The van der Waals surface area contributed by atoms with Gasteiger partial charge in [-0.25, -0.2) is 0 Å². The molecule has 20 heavy (non-hydrogen) atoms. The summed E-state index contributed by atoms with van der Waals surface area (Å²) in [5, 5.41) is 8.35. The summed E-state index contributed by atoms with van der Waals surface area (Å²) in [4.78, 5) is 0. The predicted octanol–water partition coefficient (Wildman–Crippen LogP) is 4.90. The van der Waals surface area contributed by atoms with Gasteiger partial charge in [-0.3, -0.25) is 0 Å². The molecule has 0 atom stereocenters. The number of methoxy groups -OCH3 is 1. The maximum absolute atomic E-state index is 5.51. The Morgan fingerprint density at radius 2 is 1.30 bits per heavy atom. The van der Waals surface area contributed by atoms with E-state index in [1.807, 2.05) is 48.5 Å². The van der Waals surface area contributed by atoms with E-state index in [4.69, 9.17) is 9.47 Å². The van der Waals surface area contributed by atoms with Crippen molar-refractivity contribution in [2.75, 3.05) is 13.7 Å². The number of hydrogen-bond donors (Lipinski definition) is 0. The van der Waals surface area contributed by atoms with Crippen LogP contribution in [0.4, 0.5) is 11.4 Å². The van der Waals surface area contributed by atoms with Crippen molar-refractivity contribution < 1.29 is 9.47 Å². The van der Waals surface area contributed by atoms with Gasteiger partial charge in [0.1, 0.15) is 11.5 Å². The molecule has 2 aromatic carbocycles. The third-order valence-electron chi connectivity index (χ3n) is 2.66. The van der Waals surface area contributed by atoms with Gasteiger partial charge in [0.15, 0.2) is 0 Å². The summed E-state index contributed by atoms with van der Waals surface area (Å²) in [6.45, 7) is 2.81. The molecule has 0 unspecified atom stereocenters. The molecule has 0 fully saturated rings. The van der Waals surface area contributed by atoms with Gasteiger partial charge in [-0.05, 0) is 55.0 Å². The van der Waals surface area contributed by atoms with E-state index in [9.17, 15) is 0 Å². The highest BCUT2D eigenvalue weighted by molar-refractivity contribution is 5.44. The molecule has 0 N–H and O–H groups in total. The second kappa shape index (κ2) is 7.28. The Hall–Kier alpha value is -2.36. The first-order valence-corrected chi connectivity index (χ1v) is 6.60. The highest BCUT2D eigenvalue weighted by atomic mass is 16.5. The van der Waals surface area contributed by atoms with E-state index in [0.717, 1.165) is 35.9 Å². The van der Waals surface area contributed by atoms with Crippen molar-refractivity contribution in [3.63, 3.8) is 0 Å². The standard InChI is InChI=1S/C16H18N2O2/c1-3-12-20-16-10-6-14(7-11-16)18-17-13-4-8-15(19-2)9-5-13/h4-11H,3,12H2,1-2H3. The maximum Gasteiger partial charge on any atom is 0.119 e. The van der Waals surface area contributed by atoms with Gasteiger partial charge >= 0.3 is 0 Å². The lowest BCUT2D eigenvalue weighted by Gasteiger charge is -2.03. The van der Waals surface area contributed by atoms with E-state index in [1.54, 1.807) is 7.11 Å². The van der Waals surface area contributed by atoms with Gasteiger partial charge in [-0.15, -0.1) is 0 Å². The fourth-order valence-corrected chi connectivity index (χ4v) is 1.59. The Bertz CT molecular complexity index is 548. The Balaban J connectivity index is 1.99. The third kappa shape index (κ3) is 4.09. The van der Waals surface area contributed by atoms with Crippen molar-refractivity contribution in [2.45, 2.75) is 13.3 Å². The minimum absolute atomic E-state index is 0.729. The molecule has 0 aromatic heterocycles. The largest absolute Gasteiger partial charge is 0.497 e. The molecule has 0 amide bonds. The first-order valence-electron chi connectivity index (χ1n) is 6.60. The van der Waals surface area contributed by atoms with Crippen LogP contribution in [0.3, 0.4) is 0 Å². The molecule has 0 bridgehead atoms. The molecular weight excluding hydrogens is 252 g/mol. The molecule has 4 nitrogen and oxygen atoms in total. The summed E-state index contributed by atoms with van der Waals surface area (Å²) in [5.74, 6) is 1.66. The maximum atomic E-state index is 5.51. The average Bonchev–Trinajstić information content (AvgIpc) is 2.52. The summed E-state index contributed by atoms with van der Waals surface area (Å²) in [7, 11) is 1.64. The van der Waals surface area contributed by atoms with Crippen LogP contribution < -0.4 is 9.47 Å². The zero-order chi connectivity index (χ0) is 14.2. The fourth-order valence-electron chi connectivity index (χ4n) is 1.59. The SMILES string of the molecule is CCCOc1ccc(N=Nc2ccc(OC)cc2)cc1. The van der Waals surface area contributed by atoms with Crippen molar-refractivity contribution >= 4 is 11.4 Å². The average molecular weight is 270 g/mol. The van der Waals surface area contributed by atoms with E-state index in [1.165, 1.54) is 0 Å². The van der Waals surface area contributed by atoms with Crippen LogP contribution >= 0.6 is 0 Å². The Kier molecular flexibility index (Phi) is 5.12. The van der Waals surface area contributed by atoms with Gasteiger partial charge < -0.3 is 9.47 Å². The van der Waals surface area contributed by atoms with Crippen LogP contribution in [-0.4, -0.2) is 13.7 Å². The van der Waals surface area contributed by atoms with Gasteiger partial charge in [0.25, 0.3) is 0 Å². The van der Waals surface area contributed by atoms with Gasteiger partial charge in [0.2, 0.25) is 0 Å². The number of ether oxygens (including phenoxy) is 2. The second-order valence-electron chi connectivity index (χ2n) is 4.24. The number of hydrogen-bond acceptors (Lipinski definition) is 4. The Labute approximate surface area is 119 Å². The van der Waals surface area contributed by atoms with Crippen molar-refractivity contribution in [3.8, 4) is 11.5 Å². The highest BCUT2D eigenvalue weighted by Crippen LogP contribution is 2.22. The smallest absolute Gasteiger partial charge is 0.119 e. The van der Waals surface area contributed by atoms with Crippen molar-refractivity contribution in [1.29, 1.82) is 0 Å². The van der Waals surface area contributed by atoms with E-state index in [-0.39, 0.29) is 0 Å². The van der Waals surface area contributed by atoms with E-state index < -0.39 is 0 Å². The molecule has 0 heterocycles. The highest BCUT2D eigenvalue weighted by Gasteiger charge is 1.95. The number of rotatable bonds is 6. The first-order chi connectivity index (χ1) is 9.81. The van der Waals surface area contributed by atoms with Crippen molar-refractivity contribution in [2.24, 2.45) is 10.2 Å². The predicted molar refractivity (Wildman–Crippen MR) is 79.4 cm³/mol. The summed E-state index contributed by atoms with van der Waals surface area (Å²) in [6.07, 6.45) is 0.999. The van der Waals surface area contributed by atoms with Gasteiger partial charge in [-0.2, -0.15) is 10.2 Å². The van der Waals surface area contributed by atoms with Crippen LogP contribution in [-0.2, 0) is 0 Å². The van der Waals surface area contributed by atoms with E-state index >= 15 is 0 Å². The van der Waals surface area contributed by atoms with Gasteiger partial charge in [0.05, 0.1) is 25.1 Å². The summed E-state index contributed by atoms with van der Waals surface area (Å²) < 4.78 is 10.6. The summed E-state index contributed by atoms with van der Waals surface area (Å²) >= 11 is 0. The van der Waals surface area contributed by atoms with Crippen molar-refractivity contribution in [1.82, 2.24) is 0 Å². The quantitative estimate of drug-likeness (QED) is 0.701. The van der Waals surface area contributed by atoms with Gasteiger partial charge in [0, 0.05) is 0 Å². The van der Waals surface area contributed by atoms with E-state index in [0.29, 0.717) is 0 Å². The zero-order valence-corrected chi connectivity index (χ0v) is 11.7. The molecular formula is C16H18N2O2. The van der Waals surface area contributed by atoms with Gasteiger partial charge in [-0.1, -0.05) is 6.92 Å². The fraction of sp³-hybridized carbons (Fsp3) is 0.250. The molecule has 0 saturated carbocycles. The normalized spacial score (nSPS) is 10.7. The molecule has 0 saturated heterocycles. The lowest BCUT2D eigenvalue weighted by Crippen LogP contribution is -1.93. The third-order valence-corrected chi connectivity index (χ3v) is 2.66. The second-order valence-corrected chi connectivity index (χ2v) is 4.24. The molecule has 0 aliphatic carbocycles. The molecule has 4 heteroatoms. The Morgan fingerprint density at radius 3 is 1.75 bits per heavy atom. The molecule has 104 valence electrons. The van der Waals surface area contributed by atoms with Crippen LogP contribution in [0.15, 0.2) is 58.8 Å². The molecule has 0 spiro atoms. The lowest BCUT2D eigenvalue weighted by molar-refractivity contribution is 0.317. The molecule has 2 aromatic rings. The van der Waals surface area contributed by atoms with Crippen LogP contribution in [0.5, 0.6) is 11.5 Å². The number of azo groups is 1. The molecule has 0 aliphatic rings. The lowest BCUT2D eigenvalue weighted by atomic mass is 10.3. The Morgan fingerprint density at radius 1 is 0.800 bits per heavy atom. The minimum atomic E-state index is 0.729. The van der Waals surface area contributed by atoms with Crippen LogP contribution in [0, 0.1) is 0 Å². The van der Waals surface area contributed by atoms with Crippen LogP contribution in [0.25, 0.3) is 0 Å². The summed E-state index contributed by atoms with van der Waals surface area (Å²) in [6, 6.07) is 15.0. The first kappa shape index (κ1) is 14.1. The minimum Gasteiger partial charge on any atom is -0.497 e. The number of benzene rings is 2. The molecule has 0 radical (unpaired) electrons. The molecule has 2 rings (SSSR count). The topological polar surface area (TPSA) is 43.2 Å².